The van der Waals surface area contributed by atoms with E-state index < -0.39 is 61.0 Å². The highest BCUT2D eigenvalue weighted by atomic mass is 16.5. The average molecular weight is 826 g/mol. The highest BCUT2D eigenvalue weighted by molar-refractivity contribution is 5.87. The smallest absolute Gasteiger partial charge is 0.303 e. The number of aliphatic hydroxyl groups is 3. The van der Waals surface area contributed by atoms with Gasteiger partial charge in [0.15, 0.2) is 6.23 Å². The Morgan fingerprint density at radius 1 is 0.586 bits per heavy atom. The number of carboxylic acid groups (broad SMARTS) is 1. The molecule has 0 bridgehead atoms. The van der Waals surface area contributed by atoms with Gasteiger partial charge in [-0.1, -0.05) is 174 Å². The molecule has 0 radical (unpaired) electrons. The van der Waals surface area contributed by atoms with Crippen LogP contribution in [-0.2, 0) is 23.9 Å². The lowest BCUT2D eigenvalue weighted by Gasteiger charge is -2.47. The summed E-state index contributed by atoms with van der Waals surface area (Å²) < 4.78 is 6.13. The Morgan fingerprint density at radius 3 is 1.45 bits per heavy atom. The minimum atomic E-state index is -1.55. The van der Waals surface area contributed by atoms with Crippen molar-refractivity contribution in [2.75, 3.05) is 13.2 Å². The topological polar surface area (TPSA) is 186 Å². The van der Waals surface area contributed by atoms with Crippen LogP contribution in [0.15, 0.2) is 0 Å². The number of carbonyl (C=O) groups excluding carboxylic acids is 3. The third kappa shape index (κ3) is 25.4. The maximum atomic E-state index is 14.0. The zero-order valence-electron chi connectivity index (χ0n) is 37.1. The second-order valence-electron chi connectivity index (χ2n) is 17.0. The standard InChI is InChI=1S/C46H87N3O9/c1-4-6-8-10-12-14-16-18-19-20-21-23-25-27-29-33-40(52)49(35-30-28-26-24-22-17-15-13-11-9-7-5-2)46-42(44(56)43(55)38(36-50)58-46)48-45(57)37(3)47-39(51)32-31-34-41(53)54/h37-38,42-44,46,50,55-56H,4-36H2,1-3H3,(H,47,51)(H,48,57)(H,53,54)/t37-,38+,42+,43+,44+,46+/m0/s1. The number of hydrogen-bond acceptors (Lipinski definition) is 8. The van der Waals surface area contributed by atoms with Crippen molar-refractivity contribution in [2.45, 2.75) is 256 Å². The molecule has 58 heavy (non-hydrogen) atoms. The van der Waals surface area contributed by atoms with Crippen molar-refractivity contribution in [3.8, 4) is 0 Å². The zero-order valence-corrected chi connectivity index (χ0v) is 37.1. The van der Waals surface area contributed by atoms with Gasteiger partial charge in [0.1, 0.15) is 30.4 Å². The predicted molar refractivity (Wildman–Crippen MR) is 231 cm³/mol. The maximum absolute atomic E-state index is 14.0. The molecule has 0 saturated carbocycles. The second kappa shape index (κ2) is 35.5. The molecule has 6 atom stereocenters. The lowest BCUT2D eigenvalue weighted by molar-refractivity contribution is -0.231. The fourth-order valence-corrected chi connectivity index (χ4v) is 7.90. The molecular formula is C46H87N3O9. The third-order valence-electron chi connectivity index (χ3n) is 11.6. The van der Waals surface area contributed by atoms with Crippen molar-refractivity contribution < 1.29 is 44.3 Å². The number of carboxylic acids is 1. The molecule has 12 nitrogen and oxygen atoms in total. The Labute approximate surface area is 352 Å². The number of aliphatic carboxylic acids is 1. The molecule has 1 rings (SSSR count). The van der Waals surface area contributed by atoms with Gasteiger partial charge in [-0.05, 0) is 26.2 Å². The minimum absolute atomic E-state index is 0.0702. The monoisotopic (exact) mass is 826 g/mol. The molecule has 340 valence electrons. The van der Waals surface area contributed by atoms with Crippen molar-refractivity contribution in [1.29, 1.82) is 0 Å². The molecule has 1 fully saturated rings. The van der Waals surface area contributed by atoms with Crippen LogP contribution in [-0.4, -0.2) is 98.8 Å². The maximum Gasteiger partial charge on any atom is 0.303 e. The first kappa shape index (κ1) is 53.7. The van der Waals surface area contributed by atoms with Gasteiger partial charge >= 0.3 is 5.97 Å². The Balaban J connectivity index is 2.80. The summed E-state index contributed by atoms with van der Waals surface area (Å²) in [5, 5.41) is 46.3. The second-order valence-corrected chi connectivity index (χ2v) is 17.0. The molecule has 0 spiro atoms. The third-order valence-corrected chi connectivity index (χ3v) is 11.6. The Kier molecular flexibility index (Phi) is 32.9. The predicted octanol–water partition coefficient (Wildman–Crippen LogP) is 8.46. The van der Waals surface area contributed by atoms with E-state index in [1.54, 1.807) is 4.90 Å². The largest absolute Gasteiger partial charge is 0.481 e. The summed E-state index contributed by atoms with van der Waals surface area (Å²) in [5.74, 6) is -2.33. The molecular weight excluding hydrogens is 739 g/mol. The lowest BCUT2D eigenvalue weighted by Crippen LogP contribution is -2.69. The van der Waals surface area contributed by atoms with E-state index in [0.29, 0.717) is 19.4 Å². The van der Waals surface area contributed by atoms with Crippen LogP contribution in [0.25, 0.3) is 0 Å². The van der Waals surface area contributed by atoms with Crippen LogP contribution >= 0.6 is 0 Å². The Hall–Kier alpha value is -2.28. The number of carbonyl (C=O) groups is 4. The van der Waals surface area contributed by atoms with E-state index in [4.69, 9.17) is 9.84 Å². The SMILES string of the molecule is CCCCCCCCCCCCCCCCCC(=O)N(CCCCCCCCCCCCCC)[C@@H]1O[C@H](CO)[C@@H](O)[C@H](O)[C@H]1NC(=O)[C@H](C)NC(=O)CCCC(=O)O. The van der Waals surface area contributed by atoms with Crippen LogP contribution in [0.5, 0.6) is 0 Å². The first-order chi connectivity index (χ1) is 28.1. The van der Waals surface area contributed by atoms with E-state index in [0.717, 1.165) is 38.5 Å². The van der Waals surface area contributed by atoms with Gasteiger partial charge in [-0.2, -0.15) is 0 Å². The van der Waals surface area contributed by atoms with Crippen LogP contribution in [0.3, 0.4) is 0 Å². The lowest BCUT2D eigenvalue weighted by atomic mass is 9.94. The average Bonchev–Trinajstić information content (AvgIpc) is 3.20. The number of aliphatic hydroxyl groups excluding tert-OH is 3. The molecule has 0 aromatic heterocycles. The van der Waals surface area contributed by atoms with Crippen LogP contribution in [0, 0.1) is 0 Å². The van der Waals surface area contributed by atoms with Crippen molar-refractivity contribution >= 4 is 23.7 Å². The van der Waals surface area contributed by atoms with Gasteiger partial charge in [-0.3, -0.25) is 19.2 Å². The molecule has 0 aromatic carbocycles. The van der Waals surface area contributed by atoms with Crippen LogP contribution in [0.4, 0.5) is 0 Å². The molecule has 0 aliphatic carbocycles. The molecule has 0 unspecified atom stereocenters. The van der Waals surface area contributed by atoms with Crippen molar-refractivity contribution in [3.05, 3.63) is 0 Å². The molecule has 1 heterocycles. The molecule has 3 amide bonds. The molecule has 1 saturated heterocycles. The van der Waals surface area contributed by atoms with Gasteiger partial charge in [-0.15, -0.1) is 0 Å². The van der Waals surface area contributed by atoms with E-state index >= 15 is 0 Å². The van der Waals surface area contributed by atoms with E-state index in [9.17, 15) is 34.5 Å². The quantitative estimate of drug-likeness (QED) is 0.0332. The summed E-state index contributed by atoms with van der Waals surface area (Å²) in [5.41, 5.74) is 0. The molecule has 12 heteroatoms. The van der Waals surface area contributed by atoms with Crippen molar-refractivity contribution in [1.82, 2.24) is 15.5 Å². The number of nitrogens with one attached hydrogen (secondary N) is 2. The van der Waals surface area contributed by atoms with Gasteiger partial charge in [0.05, 0.1) is 6.61 Å². The van der Waals surface area contributed by atoms with E-state index in [1.807, 2.05) is 0 Å². The number of amides is 3. The van der Waals surface area contributed by atoms with Crippen LogP contribution < -0.4 is 10.6 Å². The summed E-state index contributed by atoms with van der Waals surface area (Å²) in [6, 6.07) is -2.27. The summed E-state index contributed by atoms with van der Waals surface area (Å²) in [4.78, 5) is 52.1. The summed E-state index contributed by atoms with van der Waals surface area (Å²) >= 11 is 0. The molecule has 1 aliphatic heterocycles. The van der Waals surface area contributed by atoms with Crippen molar-refractivity contribution in [3.63, 3.8) is 0 Å². The van der Waals surface area contributed by atoms with E-state index in [1.165, 1.54) is 129 Å². The van der Waals surface area contributed by atoms with Crippen LogP contribution in [0.2, 0.25) is 0 Å². The Bertz CT molecular complexity index is 1060. The fraction of sp³-hybridized carbons (Fsp3) is 0.913. The molecule has 6 N–H and O–H groups in total. The summed E-state index contributed by atoms with van der Waals surface area (Å²) in [6.45, 7) is 5.70. The Morgan fingerprint density at radius 2 is 1.02 bits per heavy atom. The zero-order chi connectivity index (χ0) is 42.8. The fourth-order valence-electron chi connectivity index (χ4n) is 7.90. The van der Waals surface area contributed by atoms with E-state index in [2.05, 4.69) is 24.5 Å². The number of nitrogens with zero attached hydrogens (tertiary/aromatic N) is 1. The summed E-state index contributed by atoms with van der Waals surface area (Å²) in [6.07, 6.45) is 27.0. The van der Waals surface area contributed by atoms with E-state index in [-0.39, 0.29) is 31.6 Å². The van der Waals surface area contributed by atoms with Gasteiger partial charge in [-0.25, -0.2) is 0 Å². The number of hydrogen-bond donors (Lipinski definition) is 6. The van der Waals surface area contributed by atoms with Crippen LogP contribution in [0.1, 0.15) is 220 Å². The molecule has 0 aromatic rings. The van der Waals surface area contributed by atoms with Gasteiger partial charge in [0.25, 0.3) is 0 Å². The highest BCUT2D eigenvalue weighted by Crippen LogP contribution is 2.26. The number of rotatable bonds is 38. The highest BCUT2D eigenvalue weighted by Gasteiger charge is 2.48. The van der Waals surface area contributed by atoms with Gasteiger partial charge in [0, 0.05) is 25.8 Å². The van der Waals surface area contributed by atoms with Crippen molar-refractivity contribution in [2.24, 2.45) is 0 Å². The summed E-state index contributed by atoms with van der Waals surface area (Å²) in [7, 11) is 0. The minimum Gasteiger partial charge on any atom is -0.481 e. The number of unbranched alkanes of at least 4 members (excludes halogenated alkanes) is 25. The normalized spacial score (nSPS) is 19.8. The number of ether oxygens (including phenoxy) is 1. The molecule has 1 aliphatic rings. The van der Waals surface area contributed by atoms with Gasteiger partial charge in [0.2, 0.25) is 17.7 Å². The van der Waals surface area contributed by atoms with Gasteiger partial charge < -0.3 is 40.7 Å². The first-order valence-electron chi connectivity index (χ1n) is 23.8. The first-order valence-corrected chi connectivity index (χ1v) is 23.8.